The maximum Gasteiger partial charge on any atom is 0.339 e. The average Bonchev–Trinajstić information content (AvgIpc) is 2.68. The third-order valence-electron chi connectivity index (χ3n) is 2.36. The molecule has 17 heavy (non-hydrogen) atoms. The molecule has 90 valence electrons. The van der Waals surface area contributed by atoms with Crippen molar-refractivity contribution in [1.82, 2.24) is 4.98 Å². The van der Waals surface area contributed by atoms with Crippen LogP contribution in [0, 0.1) is 6.92 Å². The van der Waals surface area contributed by atoms with Crippen molar-refractivity contribution in [3.05, 3.63) is 28.8 Å². The fourth-order valence-electron chi connectivity index (χ4n) is 1.65. The molecule has 0 saturated carbocycles. The largest absolute Gasteiger partial charge is 0.464 e. The molecule has 1 N–H and O–H groups in total. The Kier molecular flexibility index (Phi) is 3.40. The number of benzene rings is 1. The molecule has 4 nitrogen and oxygen atoms in total. The van der Waals surface area contributed by atoms with E-state index in [-0.39, 0.29) is 6.61 Å². The van der Waals surface area contributed by atoms with Gasteiger partial charge in [0.2, 0.25) is 0 Å². The predicted molar refractivity (Wildman–Crippen MR) is 65.9 cm³/mol. The van der Waals surface area contributed by atoms with E-state index in [1.807, 2.05) is 13.0 Å². The third-order valence-corrected chi connectivity index (χ3v) is 3.30. The summed E-state index contributed by atoms with van der Waals surface area (Å²) in [6.45, 7) is 3.85. The Morgan fingerprint density at radius 2 is 2.35 bits per heavy atom. The van der Waals surface area contributed by atoms with Crippen molar-refractivity contribution in [2.24, 2.45) is 0 Å². The Morgan fingerprint density at radius 1 is 1.59 bits per heavy atom. The topological polar surface area (TPSA) is 59.4 Å². The molecular formula is C12H13NO3S. The standard InChI is InChI=1S/C12H13NO3S/c1-3-16-12(15)11(14)8-5-4-6-9-10(8)13-7(2)17-9/h4-6,11,14H,3H2,1-2H3. The highest BCUT2D eigenvalue weighted by atomic mass is 32.1. The molecule has 1 unspecified atom stereocenters. The third kappa shape index (κ3) is 2.30. The number of aliphatic hydroxyl groups excluding tert-OH is 1. The number of aryl methyl sites for hydroxylation is 1. The summed E-state index contributed by atoms with van der Waals surface area (Å²) < 4.78 is 5.76. The van der Waals surface area contributed by atoms with Gasteiger partial charge in [0.15, 0.2) is 6.10 Å². The SMILES string of the molecule is CCOC(=O)C(O)c1cccc2sc(C)nc12. The molecule has 1 aromatic carbocycles. The van der Waals surface area contributed by atoms with Crippen LogP contribution in [0.3, 0.4) is 0 Å². The highest BCUT2D eigenvalue weighted by Crippen LogP contribution is 2.28. The van der Waals surface area contributed by atoms with E-state index in [1.54, 1.807) is 19.1 Å². The lowest BCUT2D eigenvalue weighted by Crippen LogP contribution is -2.15. The van der Waals surface area contributed by atoms with Gasteiger partial charge in [-0.3, -0.25) is 0 Å². The summed E-state index contributed by atoms with van der Waals surface area (Å²) in [5.74, 6) is -0.634. The summed E-state index contributed by atoms with van der Waals surface area (Å²) in [5.41, 5.74) is 1.18. The minimum Gasteiger partial charge on any atom is -0.464 e. The first kappa shape index (κ1) is 12.0. The minimum atomic E-state index is -1.26. The van der Waals surface area contributed by atoms with Gasteiger partial charge in [0.25, 0.3) is 0 Å². The number of aliphatic hydroxyl groups is 1. The van der Waals surface area contributed by atoms with E-state index in [2.05, 4.69) is 4.98 Å². The van der Waals surface area contributed by atoms with Crippen LogP contribution in [0.4, 0.5) is 0 Å². The highest BCUT2D eigenvalue weighted by Gasteiger charge is 2.22. The molecule has 0 aliphatic carbocycles. The number of para-hydroxylation sites is 1. The van der Waals surface area contributed by atoms with Crippen molar-refractivity contribution < 1.29 is 14.6 Å². The Bertz CT molecular complexity index is 550. The van der Waals surface area contributed by atoms with Crippen LogP contribution in [0.5, 0.6) is 0 Å². The lowest BCUT2D eigenvalue weighted by molar-refractivity contribution is -0.153. The lowest BCUT2D eigenvalue weighted by Gasteiger charge is -2.10. The van der Waals surface area contributed by atoms with E-state index >= 15 is 0 Å². The number of carbonyl (C=O) groups excluding carboxylic acids is 1. The Balaban J connectivity index is 2.44. The van der Waals surface area contributed by atoms with Gasteiger partial charge < -0.3 is 9.84 Å². The fraction of sp³-hybridized carbons (Fsp3) is 0.333. The number of hydrogen-bond acceptors (Lipinski definition) is 5. The van der Waals surface area contributed by atoms with Crippen molar-refractivity contribution in [2.75, 3.05) is 6.61 Å². The molecule has 0 saturated heterocycles. The van der Waals surface area contributed by atoms with Crippen molar-refractivity contribution in [3.63, 3.8) is 0 Å². The van der Waals surface area contributed by atoms with Crippen molar-refractivity contribution in [2.45, 2.75) is 20.0 Å². The molecule has 0 bridgehead atoms. The first-order valence-corrected chi connectivity index (χ1v) is 6.16. The minimum absolute atomic E-state index is 0.252. The molecule has 1 atom stereocenters. The van der Waals surface area contributed by atoms with Crippen LogP contribution in [0.25, 0.3) is 10.2 Å². The molecule has 0 amide bonds. The number of aromatic nitrogens is 1. The number of hydrogen-bond donors (Lipinski definition) is 1. The monoisotopic (exact) mass is 251 g/mol. The van der Waals surface area contributed by atoms with Crippen molar-refractivity contribution in [1.29, 1.82) is 0 Å². The van der Waals surface area contributed by atoms with Crippen LogP contribution in [-0.4, -0.2) is 22.7 Å². The van der Waals surface area contributed by atoms with Crippen LogP contribution in [-0.2, 0) is 9.53 Å². The predicted octanol–water partition coefficient (Wildman–Crippen LogP) is 2.20. The van der Waals surface area contributed by atoms with Crippen LogP contribution < -0.4 is 0 Å². The summed E-state index contributed by atoms with van der Waals surface area (Å²) in [6, 6.07) is 5.42. The number of rotatable bonds is 3. The molecule has 1 aromatic heterocycles. The fourth-order valence-corrected chi connectivity index (χ4v) is 2.51. The van der Waals surface area contributed by atoms with E-state index in [1.165, 1.54) is 11.3 Å². The van der Waals surface area contributed by atoms with E-state index in [9.17, 15) is 9.90 Å². The van der Waals surface area contributed by atoms with E-state index in [4.69, 9.17) is 4.74 Å². The molecule has 0 radical (unpaired) electrons. The van der Waals surface area contributed by atoms with Gasteiger partial charge in [-0.25, -0.2) is 9.78 Å². The molecular weight excluding hydrogens is 238 g/mol. The molecule has 1 heterocycles. The average molecular weight is 251 g/mol. The molecule has 0 aliphatic heterocycles. The van der Waals surface area contributed by atoms with Gasteiger partial charge in [-0.05, 0) is 19.9 Å². The van der Waals surface area contributed by atoms with Crippen molar-refractivity contribution >= 4 is 27.5 Å². The maximum absolute atomic E-state index is 11.5. The number of thiazole rings is 1. The first-order valence-electron chi connectivity index (χ1n) is 5.34. The highest BCUT2D eigenvalue weighted by molar-refractivity contribution is 7.18. The number of fused-ring (bicyclic) bond motifs is 1. The quantitative estimate of drug-likeness (QED) is 0.850. The normalized spacial score (nSPS) is 12.6. The number of nitrogens with zero attached hydrogens (tertiary/aromatic N) is 1. The van der Waals surface area contributed by atoms with Crippen LogP contribution in [0.15, 0.2) is 18.2 Å². The zero-order valence-electron chi connectivity index (χ0n) is 9.64. The first-order chi connectivity index (χ1) is 8.13. The summed E-state index contributed by atoms with van der Waals surface area (Å²) in [7, 11) is 0. The van der Waals surface area contributed by atoms with Crippen molar-refractivity contribution in [3.8, 4) is 0 Å². The maximum atomic E-state index is 11.5. The van der Waals surface area contributed by atoms with Gasteiger partial charge in [0.1, 0.15) is 0 Å². The second-order valence-corrected chi connectivity index (χ2v) is 4.82. The summed E-state index contributed by atoms with van der Waals surface area (Å²) >= 11 is 1.53. The van der Waals surface area contributed by atoms with Crippen LogP contribution >= 0.6 is 11.3 Å². The molecule has 2 aromatic rings. The number of ether oxygens (including phenoxy) is 1. The van der Waals surface area contributed by atoms with E-state index in [0.717, 1.165) is 9.71 Å². The number of carbonyl (C=O) groups is 1. The molecule has 0 fully saturated rings. The number of esters is 1. The van der Waals surface area contributed by atoms with E-state index < -0.39 is 12.1 Å². The van der Waals surface area contributed by atoms with E-state index in [0.29, 0.717) is 11.1 Å². The molecule has 0 spiro atoms. The lowest BCUT2D eigenvalue weighted by atomic mass is 10.1. The van der Waals surface area contributed by atoms with Gasteiger partial charge in [0.05, 0.1) is 21.8 Å². The van der Waals surface area contributed by atoms with Gasteiger partial charge in [-0.15, -0.1) is 11.3 Å². The zero-order valence-corrected chi connectivity index (χ0v) is 10.5. The van der Waals surface area contributed by atoms with Gasteiger partial charge in [0, 0.05) is 5.56 Å². The Morgan fingerprint density at radius 3 is 3.06 bits per heavy atom. The smallest absolute Gasteiger partial charge is 0.339 e. The van der Waals surface area contributed by atoms with Crippen LogP contribution in [0.2, 0.25) is 0 Å². The summed E-state index contributed by atoms with van der Waals surface area (Å²) in [4.78, 5) is 15.8. The van der Waals surface area contributed by atoms with Crippen LogP contribution in [0.1, 0.15) is 23.6 Å². The van der Waals surface area contributed by atoms with Gasteiger partial charge in [-0.2, -0.15) is 0 Å². The zero-order chi connectivity index (χ0) is 12.4. The molecule has 2 rings (SSSR count). The molecule has 0 aliphatic rings. The van der Waals surface area contributed by atoms with Gasteiger partial charge >= 0.3 is 5.97 Å². The Labute approximate surface area is 103 Å². The summed E-state index contributed by atoms with van der Waals surface area (Å²) in [5, 5.41) is 10.8. The molecule has 5 heteroatoms. The Hall–Kier alpha value is -1.46. The second kappa shape index (κ2) is 4.81. The summed E-state index contributed by atoms with van der Waals surface area (Å²) in [6.07, 6.45) is -1.26. The van der Waals surface area contributed by atoms with Gasteiger partial charge in [-0.1, -0.05) is 12.1 Å². The second-order valence-electron chi connectivity index (χ2n) is 3.58.